The van der Waals surface area contributed by atoms with Crippen molar-refractivity contribution in [2.75, 3.05) is 0 Å². The average molecular weight is 272 g/mol. The van der Waals surface area contributed by atoms with E-state index < -0.39 is 10.0 Å². The Balaban J connectivity index is 2.39. The van der Waals surface area contributed by atoms with Crippen molar-refractivity contribution in [2.45, 2.75) is 11.8 Å². The summed E-state index contributed by atoms with van der Waals surface area (Å²) in [6, 6.07) is 15.4. The molecule has 2 aromatic carbocycles. The van der Waals surface area contributed by atoms with Crippen molar-refractivity contribution in [3.05, 3.63) is 66.3 Å². The van der Waals surface area contributed by atoms with Gasteiger partial charge < -0.3 is 0 Å². The molecule has 3 aromatic rings. The minimum atomic E-state index is -3.75. The Labute approximate surface area is 113 Å². The normalized spacial score (nSPS) is 12.6. The molecule has 1 aromatic heterocycles. The monoisotopic (exact) mass is 272 g/mol. The molecule has 0 N–H and O–H groups in total. The van der Waals surface area contributed by atoms with Crippen LogP contribution in [0, 0.1) is 6.92 Å². The maximum Gasteiger partial charge on any atom is 0.268 e. The van der Waals surface area contributed by atoms with Crippen LogP contribution in [0.25, 0.3) is 10.9 Å². The number of nitrogens with zero attached hydrogens (tertiary/aromatic N) is 1. The highest BCUT2D eigenvalue weighted by molar-refractivity contribution is 7.90. The molecule has 0 amide bonds. The van der Waals surface area contributed by atoms with E-state index in [9.17, 15) is 8.42 Å². The van der Waals surface area contributed by atoms with E-state index in [1.54, 1.807) is 49.4 Å². The molecule has 19 heavy (non-hydrogen) atoms. The van der Waals surface area contributed by atoms with Crippen LogP contribution in [-0.2, 0) is 10.0 Å². The van der Waals surface area contributed by atoms with E-state index >= 15 is 0 Å². The van der Waals surface area contributed by atoms with Crippen molar-refractivity contribution >= 4 is 20.9 Å². The van der Waals surface area contributed by atoms with E-state index in [0.717, 1.165) is 9.36 Å². The molecule has 0 bridgehead atoms. The smallest absolute Gasteiger partial charge is 0.241 e. The lowest BCUT2D eigenvalue weighted by molar-refractivity contribution is 0.589. The first-order valence-corrected chi connectivity index (χ1v) is 7.35. The molecule has 0 spiro atoms. The molecule has 1 heterocycles. The summed E-state index contributed by atoms with van der Waals surface area (Å²) in [5.74, 6) is 0. The van der Waals surface area contributed by atoms with Gasteiger partial charge >= 0.3 is 0 Å². The Morgan fingerprint density at radius 1 is 1.00 bits per heavy atom. The summed E-state index contributed by atoms with van der Waals surface area (Å²) in [5.41, 5.74) is 1.21. The van der Waals surface area contributed by atoms with Gasteiger partial charge in [-0.3, -0.25) is 0 Å². The molecule has 0 unspecified atom stereocenters. The molecular weight excluding hydrogens is 258 g/mol. The SMILES string of the molecule is [2H]c1c(C)c2ccccc2n1S(=O)(=O)c1ccccc1. The first-order chi connectivity index (χ1) is 9.53. The number of aryl methyl sites for hydroxylation is 1. The van der Waals surface area contributed by atoms with Gasteiger partial charge in [-0.2, -0.15) is 0 Å². The van der Waals surface area contributed by atoms with Crippen LogP contribution in [-0.4, -0.2) is 12.4 Å². The lowest BCUT2D eigenvalue weighted by Gasteiger charge is -2.07. The fraction of sp³-hybridized carbons (Fsp3) is 0.0667. The van der Waals surface area contributed by atoms with Crippen molar-refractivity contribution in [1.29, 1.82) is 0 Å². The Bertz CT molecular complexity index is 883. The molecule has 0 aliphatic heterocycles. The third-order valence-electron chi connectivity index (χ3n) is 3.08. The summed E-state index contributed by atoms with van der Waals surface area (Å²) in [6.45, 7) is 1.77. The molecule has 0 saturated heterocycles. The van der Waals surface area contributed by atoms with Gasteiger partial charge in [-0.05, 0) is 30.7 Å². The quantitative estimate of drug-likeness (QED) is 0.718. The number of aromatic nitrogens is 1. The second-order valence-corrected chi connectivity index (χ2v) is 6.12. The van der Waals surface area contributed by atoms with Crippen molar-refractivity contribution in [2.24, 2.45) is 0 Å². The van der Waals surface area contributed by atoms with Crippen molar-refractivity contribution in [1.82, 2.24) is 3.97 Å². The van der Waals surface area contributed by atoms with Gasteiger partial charge in [0, 0.05) is 11.6 Å². The summed E-state index contributed by atoms with van der Waals surface area (Å²) in [7, 11) is -3.75. The molecule has 4 heteroatoms. The highest BCUT2D eigenvalue weighted by Crippen LogP contribution is 2.25. The molecular formula is C15H13NO2S. The van der Waals surface area contributed by atoms with E-state index in [4.69, 9.17) is 1.37 Å². The first-order valence-electron chi connectivity index (χ1n) is 6.41. The van der Waals surface area contributed by atoms with E-state index in [-0.39, 0.29) is 11.1 Å². The molecule has 96 valence electrons. The van der Waals surface area contributed by atoms with Crippen LogP contribution in [0.15, 0.2) is 65.7 Å². The lowest BCUT2D eigenvalue weighted by Crippen LogP contribution is -2.11. The minimum absolute atomic E-state index is 0.00931. The van der Waals surface area contributed by atoms with Gasteiger partial charge in [-0.25, -0.2) is 12.4 Å². The lowest BCUT2D eigenvalue weighted by atomic mass is 10.2. The maximum atomic E-state index is 12.7. The molecule has 0 atom stereocenters. The summed E-state index contributed by atoms with van der Waals surface area (Å²) in [5, 5.41) is 0.789. The Hall–Kier alpha value is -2.07. The molecule has 0 aliphatic carbocycles. The van der Waals surface area contributed by atoms with Gasteiger partial charge in [-0.15, -0.1) is 0 Å². The molecule has 3 nitrogen and oxygen atoms in total. The summed E-state index contributed by atoms with van der Waals surface area (Å²) in [6.07, 6.45) is 0.00931. The topological polar surface area (TPSA) is 39.1 Å². The van der Waals surface area contributed by atoms with Crippen molar-refractivity contribution in [3.8, 4) is 0 Å². The Morgan fingerprint density at radius 3 is 2.37 bits per heavy atom. The van der Waals surface area contributed by atoms with Crippen LogP contribution in [0.5, 0.6) is 0 Å². The molecule has 0 radical (unpaired) electrons. The van der Waals surface area contributed by atoms with Crippen LogP contribution in [0.4, 0.5) is 0 Å². The van der Waals surface area contributed by atoms with Crippen LogP contribution in [0.1, 0.15) is 6.93 Å². The van der Waals surface area contributed by atoms with Gasteiger partial charge in [0.2, 0.25) is 0 Å². The maximum absolute atomic E-state index is 12.7. The highest BCUT2D eigenvalue weighted by atomic mass is 32.2. The van der Waals surface area contributed by atoms with Crippen LogP contribution < -0.4 is 0 Å². The fourth-order valence-corrected chi connectivity index (χ4v) is 3.52. The molecule has 0 fully saturated rings. The summed E-state index contributed by atoms with van der Waals surface area (Å²) in [4.78, 5) is 0.189. The van der Waals surface area contributed by atoms with Crippen LogP contribution >= 0.6 is 0 Å². The Morgan fingerprint density at radius 2 is 1.63 bits per heavy atom. The summed E-state index contributed by atoms with van der Waals surface area (Å²) >= 11 is 0. The third kappa shape index (κ3) is 1.85. The van der Waals surface area contributed by atoms with Gasteiger partial charge in [0.15, 0.2) is 0 Å². The highest BCUT2D eigenvalue weighted by Gasteiger charge is 2.19. The number of hydrogen-bond donors (Lipinski definition) is 0. The third-order valence-corrected chi connectivity index (χ3v) is 4.71. The number of benzene rings is 2. The Kier molecular flexibility index (Phi) is 2.42. The standard InChI is InChI=1S/C15H13NO2S/c1-12-11-16(15-10-6-5-9-14(12)15)19(17,18)13-7-3-2-4-8-13/h2-11H,1H3/i11D. The van der Waals surface area contributed by atoms with Gasteiger partial charge in [0.1, 0.15) is 0 Å². The minimum Gasteiger partial charge on any atom is -0.241 e. The predicted molar refractivity (Wildman–Crippen MR) is 75.7 cm³/mol. The number of fused-ring (bicyclic) bond motifs is 1. The largest absolute Gasteiger partial charge is 0.268 e. The van der Waals surface area contributed by atoms with E-state index in [2.05, 4.69) is 0 Å². The predicted octanol–water partition coefficient (Wildman–Crippen LogP) is 3.19. The molecule has 0 aliphatic rings. The number of hydrogen-bond acceptors (Lipinski definition) is 2. The number of para-hydroxylation sites is 1. The van der Waals surface area contributed by atoms with Gasteiger partial charge in [0.05, 0.1) is 11.8 Å². The first kappa shape index (κ1) is 10.8. The van der Waals surface area contributed by atoms with Crippen LogP contribution in [0.2, 0.25) is 0 Å². The number of rotatable bonds is 2. The molecule has 0 saturated carbocycles. The zero-order chi connectivity index (χ0) is 14.3. The van der Waals surface area contributed by atoms with Crippen LogP contribution in [0.3, 0.4) is 0 Å². The zero-order valence-corrected chi connectivity index (χ0v) is 11.2. The second-order valence-electron chi connectivity index (χ2n) is 4.34. The average Bonchev–Trinajstić information content (AvgIpc) is 2.73. The fourth-order valence-electron chi connectivity index (χ4n) is 2.13. The van der Waals surface area contributed by atoms with Crippen molar-refractivity contribution in [3.63, 3.8) is 0 Å². The van der Waals surface area contributed by atoms with E-state index in [0.29, 0.717) is 11.1 Å². The second kappa shape index (κ2) is 4.24. The molecule has 3 rings (SSSR count). The van der Waals surface area contributed by atoms with E-state index in [1.807, 2.05) is 12.1 Å². The van der Waals surface area contributed by atoms with Gasteiger partial charge in [0.25, 0.3) is 10.0 Å². The van der Waals surface area contributed by atoms with Gasteiger partial charge in [-0.1, -0.05) is 36.4 Å². The summed E-state index contributed by atoms with van der Waals surface area (Å²) < 4.78 is 34.7. The van der Waals surface area contributed by atoms with E-state index in [1.165, 1.54) is 0 Å². The zero-order valence-electron chi connectivity index (χ0n) is 11.4. The van der Waals surface area contributed by atoms with Crippen molar-refractivity contribution < 1.29 is 9.79 Å².